The molecule has 0 amide bonds. The van der Waals surface area contributed by atoms with Crippen molar-refractivity contribution >= 4 is 40.4 Å². The van der Waals surface area contributed by atoms with E-state index in [0.29, 0.717) is 5.69 Å². The van der Waals surface area contributed by atoms with Crippen LogP contribution < -0.4 is 5.32 Å². The van der Waals surface area contributed by atoms with E-state index >= 15 is 0 Å². The van der Waals surface area contributed by atoms with Crippen LogP contribution in [-0.2, 0) is 0 Å². The molecule has 126 valence electrons. The van der Waals surface area contributed by atoms with Crippen molar-refractivity contribution in [2.24, 2.45) is 0 Å². The van der Waals surface area contributed by atoms with Crippen molar-refractivity contribution in [3.05, 3.63) is 62.1 Å². The summed E-state index contributed by atoms with van der Waals surface area (Å²) in [7, 11) is 0. The number of hydrogen-bond acceptors (Lipinski definition) is 6. The Bertz CT molecular complexity index is 797. The molecule has 0 aliphatic rings. The number of non-ortho nitro benzene ring substituents is 1. The smallest absolute Gasteiger partial charge is 0.271 e. The average Bonchev–Trinajstić information content (AvgIpc) is 2.54. The highest BCUT2D eigenvalue weighted by Crippen LogP contribution is 2.27. The summed E-state index contributed by atoms with van der Waals surface area (Å²) in [5.74, 6) is -1.02. The number of hydrogen-bond donors (Lipinski definition) is 3. The number of anilines is 1. The summed E-state index contributed by atoms with van der Waals surface area (Å²) in [6, 6.07) is 7.68. The molecule has 0 radical (unpaired) electrons. The third kappa shape index (κ3) is 4.14. The third-order valence-electron chi connectivity index (χ3n) is 3.18. The number of halogens is 2. The molecule has 0 spiro atoms. The van der Waals surface area contributed by atoms with Crippen LogP contribution in [0, 0.1) is 10.1 Å². The molecule has 24 heavy (non-hydrogen) atoms. The van der Waals surface area contributed by atoms with E-state index in [1.807, 2.05) is 0 Å². The van der Waals surface area contributed by atoms with Gasteiger partial charge in [-0.25, -0.2) is 0 Å². The maximum absolute atomic E-state index is 12.1. The quantitative estimate of drug-likeness (QED) is 0.408. The number of aliphatic hydroxyl groups is 1. The maximum atomic E-state index is 12.1. The summed E-state index contributed by atoms with van der Waals surface area (Å²) in [6.07, 6.45) is -1.47. The molecule has 0 aliphatic heterocycles. The molecular formula is C15H12Cl2N2O5. The highest BCUT2D eigenvalue weighted by Gasteiger charge is 2.21. The Morgan fingerprint density at radius 3 is 2.58 bits per heavy atom. The van der Waals surface area contributed by atoms with Crippen molar-refractivity contribution in [1.29, 1.82) is 0 Å². The first-order chi connectivity index (χ1) is 11.3. The Kier molecular flexibility index (Phi) is 5.61. The second-order valence-electron chi connectivity index (χ2n) is 4.84. The molecule has 2 aromatic rings. The first-order valence-electron chi connectivity index (χ1n) is 6.68. The molecule has 1 atom stereocenters. The van der Waals surface area contributed by atoms with Crippen LogP contribution in [0.1, 0.15) is 10.4 Å². The molecular weight excluding hydrogens is 359 g/mol. The zero-order chi connectivity index (χ0) is 17.9. The van der Waals surface area contributed by atoms with Crippen LogP contribution in [0.4, 0.5) is 11.4 Å². The minimum atomic E-state index is -1.47. The number of Topliss-reactive ketones (excluding diaryl/α,β-unsaturated/α-hetero) is 1. The fourth-order valence-corrected chi connectivity index (χ4v) is 2.36. The van der Waals surface area contributed by atoms with Gasteiger partial charge >= 0.3 is 0 Å². The Labute approximate surface area is 146 Å². The molecule has 0 aromatic heterocycles. The third-order valence-corrected chi connectivity index (χ3v) is 3.72. The van der Waals surface area contributed by atoms with E-state index in [-0.39, 0.29) is 33.6 Å². The zero-order valence-electron chi connectivity index (χ0n) is 12.1. The summed E-state index contributed by atoms with van der Waals surface area (Å²) in [6.45, 7) is -0.206. The fraction of sp³-hybridized carbons (Fsp3) is 0.133. The van der Waals surface area contributed by atoms with Gasteiger partial charge in [0.25, 0.3) is 5.69 Å². The number of nitrogens with one attached hydrogen (secondary N) is 1. The first kappa shape index (κ1) is 18.0. The van der Waals surface area contributed by atoms with Gasteiger partial charge in [-0.05, 0) is 24.3 Å². The van der Waals surface area contributed by atoms with Crippen LogP contribution in [0.5, 0.6) is 5.75 Å². The summed E-state index contributed by atoms with van der Waals surface area (Å²) in [4.78, 5) is 22.2. The lowest BCUT2D eigenvalue weighted by molar-refractivity contribution is -0.384. The molecule has 0 fully saturated rings. The molecule has 3 N–H and O–H groups in total. The maximum Gasteiger partial charge on any atom is 0.271 e. The summed E-state index contributed by atoms with van der Waals surface area (Å²) >= 11 is 11.7. The number of nitro benzene ring substituents is 1. The van der Waals surface area contributed by atoms with Gasteiger partial charge in [0.05, 0.1) is 21.2 Å². The van der Waals surface area contributed by atoms with Gasteiger partial charge in [0.1, 0.15) is 11.9 Å². The van der Waals surface area contributed by atoms with Gasteiger partial charge < -0.3 is 15.5 Å². The van der Waals surface area contributed by atoms with E-state index in [1.165, 1.54) is 30.3 Å². The van der Waals surface area contributed by atoms with E-state index in [2.05, 4.69) is 5.32 Å². The van der Waals surface area contributed by atoms with Crippen molar-refractivity contribution in [3.63, 3.8) is 0 Å². The number of benzene rings is 2. The number of aliphatic hydroxyl groups excluding tert-OH is 1. The number of carbonyl (C=O) groups is 1. The number of phenols is 1. The highest BCUT2D eigenvalue weighted by atomic mass is 35.5. The van der Waals surface area contributed by atoms with Crippen LogP contribution in [0.15, 0.2) is 36.4 Å². The Morgan fingerprint density at radius 2 is 1.96 bits per heavy atom. The van der Waals surface area contributed by atoms with E-state index < -0.39 is 16.8 Å². The van der Waals surface area contributed by atoms with Crippen LogP contribution in [0.2, 0.25) is 10.0 Å². The Hall–Kier alpha value is -2.35. The lowest BCUT2D eigenvalue weighted by Gasteiger charge is -2.14. The van der Waals surface area contributed by atoms with E-state index in [4.69, 9.17) is 23.2 Å². The molecule has 0 aliphatic carbocycles. The molecule has 0 heterocycles. The largest absolute Gasteiger partial charge is 0.507 e. The van der Waals surface area contributed by atoms with Crippen molar-refractivity contribution in [2.75, 3.05) is 11.9 Å². The van der Waals surface area contributed by atoms with Crippen LogP contribution in [-0.4, -0.2) is 33.6 Å². The Balaban J connectivity index is 2.07. The molecule has 9 heteroatoms. The van der Waals surface area contributed by atoms with Crippen LogP contribution >= 0.6 is 23.2 Å². The minimum Gasteiger partial charge on any atom is -0.507 e. The van der Waals surface area contributed by atoms with Gasteiger partial charge in [-0.3, -0.25) is 14.9 Å². The summed E-state index contributed by atoms with van der Waals surface area (Å²) in [5, 5.41) is 33.3. The molecule has 2 aromatic carbocycles. The standard InChI is InChI=1S/C15H12Cl2N2O5/c16-8-1-4-13(20)10(5-8)15(22)14(21)7-18-12-3-2-9(19(23)24)6-11(12)17/h1-6,14,18,20-21H,7H2. The van der Waals surface area contributed by atoms with Gasteiger partial charge in [0, 0.05) is 23.7 Å². The van der Waals surface area contributed by atoms with E-state index in [1.54, 1.807) is 0 Å². The lowest BCUT2D eigenvalue weighted by atomic mass is 10.1. The number of aromatic hydroxyl groups is 1. The topological polar surface area (TPSA) is 113 Å². The molecule has 1 unspecified atom stereocenters. The van der Waals surface area contributed by atoms with Gasteiger partial charge in [-0.2, -0.15) is 0 Å². The van der Waals surface area contributed by atoms with E-state index in [9.17, 15) is 25.1 Å². The van der Waals surface area contributed by atoms with Crippen molar-refractivity contribution in [2.45, 2.75) is 6.10 Å². The van der Waals surface area contributed by atoms with Crippen molar-refractivity contribution in [3.8, 4) is 5.75 Å². The number of nitro groups is 1. The number of carbonyl (C=O) groups excluding carboxylic acids is 1. The molecule has 2 rings (SSSR count). The highest BCUT2D eigenvalue weighted by molar-refractivity contribution is 6.33. The molecule has 0 bridgehead atoms. The van der Waals surface area contributed by atoms with Crippen LogP contribution in [0.3, 0.4) is 0 Å². The van der Waals surface area contributed by atoms with Crippen LogP contribution in [0.25, 0.3) is 0 Å². The van der Waals surface area contributed by atoms with Crippen molar-refractivity contribution in [1.82, 2.24) is 0 Å². The lowest BCUT2D eigenvalue weighted by Crippen LogP contribution is -2.28. The molecule has 7 nitrogen and oxygen atoms in total. The van der Waals surface area contributed by atoms with Gasteiger partial charge in [-0.15, -0.1) is 0 Å². The predicted molar refractivity (Wildman–Crippen MR) is 90.1 cm³/mol. The summed E-state index contributed by atoms with van der Waals surface area (Å²) in [5.41, 5.74) is 0.0436. The Morgan fingerprint density at radius 1 is 1.25 bits per heavy atom. The predicted octanol–water partition coefficient (Wildman–Crippen LogP) is 3.26. The zero-order valence-corrected chi connectivity index (χ0v) is 13.6. The second-order valence-corrected chi connectivity index (χ2v) is 5.69. The van der Waals surface area contributed by atoms with Gasteiger partial charge in [0.2, 0.25) is 0 Å². The monoisotopic (exact) mass is 370 g/mol. The SMILES string of the molecule is O=C(c1cc(Cl)ccc1O)C(O)CNc1ccc([N+](=O)[O-])cc1Cl. The first-order valence-corrected chi connectivity index (χ1v) is 7.44. The van der Waals surface area contributed by atoms with Gasteiger partial charge in [-0.1, -0.05) is 23.2 Å². The number of ketones is 1. The van der Waals surface area contributed by atoms with E-state index in [0.717, 1.165) is 6.07 Å². The number of nitrogens with zero attached hydrogens (tertiary/aromatic N) is 1. The molecule has 0 saturated carbocycles. The second kappa shape index (κ2) is 7.48. The number of phenolic OH excluding ortho intramolecular Hbond substituents is 1. The van der Waals surface area contributed by atoms with Crippen molar-refractivity contribution < 1.29 is 19.9 Å². The molecule has 0 saturated heterocycles. The fourth-order valence-electron chi connectivity index (χ4n) is 1.95. The minimum absolute atomic E-state index is 0.0782. The average molecular weight is 371 g/mol. The number of rotatable bonds is 6. The summed E-state index contributed by atoms with van der Waals surface area (Å²) < 4.78 is 0. The van der Waals surface area contributed by atoms with Gasteiger partial charge in [0.15, 0.2) is 5.78 Å². The normalized spacial score (nSPS) is 11.8.